The monoisotopic (exact) mass is 305 g/mol. The van der Waals surface area contributed by atoms with Crippen LogP contribution >= 0.6 is 0 Å². The zero-order valence-corrected chi connectivity index (χ0v) is 15.0. The van der Waals surface area contributed by atoms with Crippen molar-refractivity contribution >= 4 is 14.2 Å². The van der Waals surface area contributed by atoms with E-state index in [1.165, 1.54) is 0 Å². The van der Waals surface area contributed by atoms with E-state index in [2.05, 4.69) is 25.0 Å². The molecule has 0 aliphatic rings. The summed E-state index contributed by atoms with van der Waals surface area (Å²) in [4.78, 5) is 11.5. The average Bonchev–Trinajstić information content (AvgIpc) is 2.18. The van der Waals surface area contributed by atoms with Gasteiger partial charge in [-0.3, -0.25) is 0 Å². The molecule has 120 valence electrons. The number of amides is 1. The van der Waals surface area contributed by atoms with Crippen LogP contribution in [0, 0.1) is 0 Å². The minimum Gasteiger partial charge on any atom is -0.444 e. The van der Waals surface area contributed by atoms with E-state index >= 15 is 0 Å². The summed E-state index contributed by atoms with van der Waals surface area (Å²) in [7, 11) is -1.04. The first-order valence-electron chi connectivity index (χ1n) is 7.14. The highest BCUT2D eigenvalue weighted by molar-refractivity contribution is 6.76. The van der Waals surface area contributed by atoms with Gasteiger partial charge in [0.15, 0.2) is 0 Å². The van der Waals surface area contributed by atoms with Crippen LogP contribution in [0.2, 0.25) is 25.7 Å². The van der Waals surface area contributed by atoms with Crippen LogP contribution in [0.3, 0.4) is 0 Å². The van der Waals surface area contributed by atoms with Gasteiger partial charge in [-0.1, -0.05) is 19.6 Å². The fourth-order valence-electron chi connectivity index (χ4n) is 1.27. The van der Waals surface area contributed by atoms with Crippen molar-refractivity contribution in [2.45, 2.75) is 65.0 Å². The van der Waals surface area contributed by atoms with Crippen molar-refractivity contribution in [1.82, 2.24) is 5.32 Å². The van der Waals surface area contributed by atoms with Gasteiger partial charge in [0.25, 0.3) is 0 Å². The van der Waals surface area contributed by atoms with Gasteiger partial charge in [-0.2, -0.15) is 0 Å². The zero-order valence-electron chi connectivity index (χ0n) is 14.0. The molecule has 0 unspecified atom stereocenters. The summed E-state index contributed by atoms with van der Waals surface area (Å²) in [5, 5.41) is 2.72. The Morgan fingerprint density at radius 3 is 2.30 bits per heavy atom. The molecule has 0 rings (SSSR count). The van der Waals surface area contributed by atoms with E-state index in [9.17, 15) is 4.79 Å². The Kier molecular flexibility index (Phi) is 8.38. The van der Waals surface area contributed by atoms with E-state index in [-0.39, 0.29) is 12.8 Å². The molecule has 0 fully saturated rings. The Hall–Kier alpha value is -0.593. The number of ether oxygens (including phenoxy) is 3. The van der Waals surface area contributed by atoms with Crippen LogP contribution < -0.4 is 5.32 Å². The third kappa shape index (κ3) is 13.8. The summed E-state index contributed by atoms with van der Waals surface area (Å²) >= 11 is 0. The molecule has 1 amide bonds. The standard InChI is InChI=1S/C14H31NO4Si/c1-12(15-13(16)19-14(2,3)4)10-18-11-17-8-9-20(5,6)7/h12H,8-11H2,1-7H3,(H,15,16)/t12-/m0/s1. The van der Waals surface area contributed by atoms with Gasteiger partial charge < -0.3 is 19.5 Å². The molecule has 0 aliphatic heterocycles. The Morgan fingerprint density at radius 2 is 1.80 bits per heavy atom. The summed E-state index contributed by atoms with van der Waals surface area (Å²) in [6, 6.07) is 1.02. The third-order valence-corrected chi connectivity index (χ3v) is 4.00. The van der Waals surface area contributed by atoms with E-state index in [1.54, 1.807) is 0 Å². The number of alkyl carbamates (subject to hydrolysis) is 1. The molecule has 0 aromatic rings. The molecule has 6 heteroatoms. The minimum atomic E-state index is -1.04. The summed E-state index contributed by atoms with van der Waals surface area (Å²) < 4.78 is 15.9. The van der Waals surface area contributed by atoms with Crippen LogP contribution in [0.1, 0.15) is 27.7 Å². The van der Waals surface area contributed by atoms with E-state index in [0.717, 1.165) is 12.7 Å². The van der Waals surface area contributed by atoms with Crippen molar-refractivity contribution in [3.63, 3.8) is 0 Å². The maximum Gasteiger partial charge on any atom is 0.407 e. The topological polar surface area (TPSA) is 56.8 Å². The summed E-state index contributed by atoms with van der Waals surface area (Å²) in [6.45, 7) is 15.7. The number of carbonyl (C=O) groups excluding carboxylic acids is 1. The predicted molar refractivity (Wildman–Crippen MR) is 83.8 cm³/mol. The number of carbonyl (C=O) groups is 1. The molecule has 0 saturated carbocycles. The summed E-state index contributed by atoms with van der Waals surface area (Å²) in [5.41, 5.74) is -0.482. The van der Waals surface area contributed by atoms with Crippen LogP contribution in [0.15, 0.2) is 0 Å². The lowest BCUT2D eigenvalue weighted by Crippen LogP contribution is -2.40. The Labute approximate surface area is 124 Å². The van der Waals surface area contributed by atoms with Crippen LogP contribution in [-0.2, 0) is 14.2 Å². The summed E-state index contributed by atoms with van der Waals surface area (Å²) in [6.07, 6.45) is -0.423. The van der Waals surface area contributed by atoms with Crippen molar-refractivity contribution in [1.29, 1.82) is 0 Å². The van der Waals surface area contributed by atoms with Gasteiger partial charge in [0.05, 0.1) is 12.6 Å². The van der Waals surface area contributed by atoms with Crippen LogP contribution in [-0.4, -0.2) is 45.8 Å². The molecule has 0 saturated heterocycles. The van der Waals surface area contributed by atoms with Gasteiger partial charge in [-0.05, 0) is 33.7 Å². The van der Waals surface area contributed by atoms with Crippen molar-refractivity contribution in [2.24, 2.45) is 0 Å². The summed E-state index contributed by atoms with van der Waals surface area (Å²) in [5.74, 6) is 0. The third-order valence-electron chi connectivity index (χ3n) is 2.29. The number of nitrogens with one attached hydrogen (secondary N) is 1. The molecular weight excluding hydrogens is 274 g/mol. The van der Waals surface area contributed by atoms with Gasteiger partial charge in [0, 0.05) is 14.7 Å². The highest BCUT2D eigenvalue weighted by Gasteiger charge is 2.17. The Balaban J connectivity index is 3.59. The van der Waals surface area contributed by atoms with E-state index < -0.39 is 19.8 Å². The average molecular weight is 305 g/mol. The molecule has 20 heavy (non-hydrogen) atoms. The molecule has 5 nitrogen and oxygen atoms in total. The highest BCUT2D eigenvalue weighted by atomic mass is 28.3. The molecule has 0 heterocycles. The maximum atomic E-state index is 11.5. The smallest absolute Gasteiger partial charge is 0.407 e. The van der Waals surface area contributed by atoms with Crippen molar-refractivity contribution in [3.8, 4) is 0 Å². The van der Waals surface area contributed by atoms with E-state index in [1.807, 2.05) is 27.7 Å². The van der Waals surface area contributed by atoms with Gasteiger partial charge in [-0.15, -0.1) is 0 Å². The first-order chi connectivity index (χ1) is 8.99. The van der Waals surface area contributed by atoms with Crippen molar-refractivity contribution in [3.05, 3.63) is 0 Å². The van der Waals surface area contributed by atoms with Gasteiger partial charge >= 0.3 is 6.09 Å². The molecule has 0 bridgehead atoms. The number of hydrogen-bond acceptors (Lipinski definition) is 4. The SMILES string of the molecule is C[C@@H](COCOCC[Si](C)(C)C)NC(=O)OC(C)(C)C. The zero-order chi connectivity index (χ0) is 15.8. The molecule has 0 aliphatic carbocycles. The number of rotatable bonds is 8. The number of hydrogen-bond donors (Lipinski definition) is 1. The van der Waals surface area contributed by atoms with Crippen molar-refractivity contribution < 1.29 is 19.0 Å². The predicted octanol–water partition coefficient (Wildman–Crippen LogP) is 3.23. The Morgan fingerprint density at radius 1 is 1.20 bits per heavy atom. The first-order valence-corrected chi connectivity index (χ1v) is 10.9. The highest BCUT2D eigenvalue weighted by Crippen LogP contribution is 2.08. The van der Waals surface area contributed by atoms with Crippen LogP contribution in [0.25, 0.3) is 0 Å². The molecule has 1 N–H and O–H groups in total. The van der Waals surface area contributed by atoms with Crippen LogP contribution in [0.4, 0.5) is 4.79 Å². The molecule has 0 radical (unpaired) electrons. The normalized spacial score (nSPS) is 13.9. The fourth-order valence-corrected chi connectivity index (χ4v) is 2.03. The quantitative estimate of drug-likeness (QED) is 0.425. The minimum absolute atomic E-state index is 0.106. The van der Waals surface area contributed by atoms with Crippen molar-refractivity contribution in [2.75, 3.05) is 20.0 Å². The van der Waals surface area contributed by atoms with E-state index in [0.29, 0.717) is 6.61 Å². The first kappa shape index (κ1) is 19.4. The second-order valence-electron chi connectivity index (χ2n) is 7.25. The second kappa shape index (κ2) is 8.64. The molecule has 0 aromatic heterocycles. The molecule has 0 aromatic carbocycles. The maximum absolute atomic E-state index is 11.5. The lowest BCUT2D eigenvalue weighted by atomic mass is 10.2. The lowest BCUT2D eigenvalue weighted by Gasteiger charge is -2.22. The fraction of sp³-hybridized carbons (Fsp3) is 0.929. The Bertz CT molecular complexity index is 284. The van der Waals surface area contributed by atoms with Crippen LogP contribution in [0.5, 0.6) is 0 Å². The second-order valence-corrected chi connectivity index (χ2v) is 12.9. The largest absolute Gasteiger partial charge is 0.444 e. The van der Waals surface area contributed by atoms with E-state index in [4.69, 9.17) is 14.2 Å². The molecule has 0 spiro atoms. The van der Waals surface area contributed by atoms with Gasteiger partial charge in [0.2, 0.25) is 0 Å². The molecular formula is C14H31NO4Si. The van der Waals surface area contributed by atoms with Gasteiger partial charge in [0.1, 0.15) is 12.4 Å². The molecule has 1 atom stereocenters. The lowest BCUT2D eigenvalue weighted by molar-refractivity contribution is -0.0550. The van der Waals surface area contributed by atoms with Gasteiger partial charge in [-0.25, -0.2) is 4.79 Å².